The number of hydrogen-bond donors (Lipinski definition) is 0. The van der Waals surface area contributed by atoms with Gasteiger partial charge in [0.15, 0.2) is 0 Å². The minimum Gasteiger partial charge on any atom is -0.378 e. The van der Waals surface area contributed by atoms with E-state index in [1.54, 1.807) is 0 Å². The van der Waals surface area contributed by atoms with Gasteiger partial charge in [0.25, 0.3) is 0 Å². The van der Waals surface area contributed by atoms with Crippen LogP contribution in [0.3, 0.4) is 0 Å². The maximum absolute atomic E-state index is 12.4. The van der Waals surface area contributed by atoms with Gasteiger partial charge < -0.3 is 14.5 Å². The molecule has 0 N–H and O–H groups in total. The summed E-state index contributed by atoms with van der Waals surface area (Å²) in [6.45, 7) is 6.38. The van der Waals surface area contributed by atoms with Crippen molar-refractivity contribution in [3.63, 3.8) is 0 Å². The molecule has 20 heavy (non-hydrogen) atoms. The van der Waals surface area contributed by atoms with Gasteiger partial charge in [0.05, 0.1) is 25.4 Å². The van der Waals surface area contributed by atoms with Gasteiger partial charge in [0, 0.05) is 29.8 Å². The molecule has 0 radical (unpaired) electrons. The van der Waals surface area contributed by atoms with Crippen molar-refractivity contribution in [1.29, 1.82) is 0 Å². The molecule has 1 unspecified atom stereocenters. The molecule has 4 nitrogen and oxygen atoms in total. The van der Waals surface area contributed by atoms with E-state index in [-0.39, 0.29) is 5.91 Å². The summed E-state index contributed by atoms with van der Waals surface area (Å²) < 4.78 is 5.30. The summed E-state index contributed by atoms with van der Waals surface area (Å²) in [5.41, 5.74) is 1.19. The summed E-state index contributed by atoms with van der Waals surface area (Å²) in [6.07, 6.45) is 0. The fraction of sp³-hybridized carbons (Fsp3) is 0.533. The zero-order valence-electron chi connectivity index (χ0n) is 11.7. The zero-order valence-corrected chi connectivity index (χ0v) is 12.6. The molecule has 2 heterocycles. The number of para-hydroxylation sites is 1. The van der Waals surface area contributed by atoms with Crippen LogP contribution in [0.2, 0.25) is 0 Å². The van der Waals surface area contributed by atoms with Crippen LogP contribution in [0, 0.1) is 0 Å². The zero-order chi connectivity index (χ0) is 13.9. The van der Waals surface area contributed by atoms with Crippen molar-refractivity contribution >= 4 is 23.4 Å². The third-order valence-electron chi connectivity index (χ3n) is 3.70. The van der Waals surface area contributed by atoms with E-state index in [1.165, 1.54) is 10.6 Å². The van der Waals surface area contributed by atoms with Gasteiger partial charge in [-0.1, -0.05) is 19.1 Å². The van der Waals surface area contributed by atoms with Crippen molar-refractivity contribution in [2.75, 3.05) is 44.3 Å². The monoisotopic (exact) mass is 292 g/mol. The highest BCUT2D eigenvalue weighted by Crippen LogP contribution is 2.37. The fourth-order valence-corrected chi connectivity index (χ4v) is 3.87. The van der Waals surface area contributed by atoms with Crippen LogP contribution in [0.4, 0.5) is 5.69 Å². The number of amides is 1. The summed E-state index contributed by atoms with van der Waals surface area (Å²) in [6, 6.07) is 8.36. The number of fused-ring (bicyclic) bond motifs is 1. The topological polar surface area (TPSA) is 32.8 Å². The molecule has 0 aromatic heterocycles. The van der Waals surface area contributed by atoms with E-state index < -0.39 is 0 Å². The first-order valence-corrected chi connectivity index (χ1v) is 7.98. The van der Waals surface area contributed by atoms with Crippen molar-refractivity contribution in [2.45, 2.75) is 17.1 Å². The van der Waals surface area contributed by atoms with Gasteiger partial charge in [-0.05, 0) is 12.1 Å². The molecule has 1 saturated heterocycles. The lowest BCUT2D eigenvalue weighted by Gasteiger charge is -2.36. The molecule has 0 aliphatic carbocycles. The molecular weight excluding hydrogens is 272 g/mol. The predicted octanol–water partition coefficient (Wildman–Crippen LogP) is 1.85. The molecule has 2 aliphatic rings. The second kappa shape index (κ2) is 6.06. The maximum Gasteiger partial charge on any atom is 0.242 e. The van der Waals surface area contributed by atoms with Crippen LogP contribution in [0.25, 0.3) is 0 Å². The largest absolute Gasteiger partial charge is 0.378 e. The Morgan fingerprint density at radius 3 is 2.90 bits per heavy atom. The third kappa shape index (κ3) is 2.94. The number of ether oxygens (including phenoxy) is 1. The number of benzene rings is 1. The second-order valence-corrected chi connectivity index (χ2v) is 6.75. The Bertz CT molecular complexity index is 489. The molecule has 3 rings (SSSR count). The van der Waals surface area contributed by atoms with Gasteiger partial charge in [-0.3, -0.25) is 4.79 Å². The summed E-state index contributed by atoms with van der Waals surface area (Å²) in [4.78, 5) is 17.8. The average Bonchev–Trinajstić information content (AvgIpc) is 2.48. The summed E-state index contributed by atoms with van der Waals surface area (Å²) in [5.74, 6) is 0.210. The molecule has 0 spiro atoms. The van der Waals surface area contributed by atoms with Crippen LogP contribution in [-0.2, 0) is 9.53 Å². The molecule has 1 aromatic rings. The standard InChI is InChI=1S/C15H20N2O2S/c1-12-10-17(13-4-2-3-5-14(13)20-12)11-15(18)16-6-8-19-9-7-16/h2-5,12H,6-11H2,1H3. The van der Waals surface area contributed by atoms with Crippen LogP contribution >= 0.6 is 11.8 Å². The maximum atomic E-state index is 12.4. The van der Waals surface area contributed by atoms with E-state index >= 15 is 0 Å². The van der Waals surface area contributed by atoms with Crippen molar-refractivity contribution in [3.05, 3.63) is 24.3 Å². The van der Waals surface area contributed by atoms with E-state index in [1.807, 2.05) is 22.7 Å². The lowest BCUT2D eigenvalue weighted by atomic mass is 10.2. The normalized spacial score (nSPS) is 22.6. The molecule has 0 saturated carbocycles. The van der Waals surface area contributed by atoms with E-state index in [2.05, 4.69) is 30.0 Å². The minimum absolute atomic E-state index is 0.210. The second-order valence-electron chi connectivity index (χ2n) is 5.27. The van der Waals surface area contributed by atoms with Crippen molar-refractivity contribution in [2.24, 2.45) is 0 Å². The highest BCUT2D eigenvalue weighted by atomic mass is 32.2. The van der Waals surface area contributed by atoms with Crippen molar-refractivity contribution in [1.82, 2.24) is 4.90 Å². The number of carbonyl (C=O) groups is 1. The molecule has 0 bridgehead atoms. The fourth-order valence-electron chi connectivity index (χ4n) is 2.71. The number of thioether (sulfide) groups is 1. The number of hydrogen-bond acceptors (Lipinski definition) is 4. The minimum atomic E-state index is 0.210. The molecule has 1 atom stereocenters. The van der Waals surface area contributed by atoms with Crippen LogP contribution < -0.4 is 4.90 Å². The van der Waals surface area contributed by atoms with E-state index in [4.69, 9.17) is 4.74 Å². The van der Waals surface area contributed by atoms with Gasteiger partial charge in [0.1, 0.15) is 0 Å². The highest BCUT2D eigenvalue weighted by molar-refractivity contribution is 8.00. The predicted molar refractivity (Wildman–Crippen MR) is 81.4 cm³/mol. The van der Waals surface area contributed by atoms with Gasteiger partial charge in [-0.2, -0.15) is 0 Å². The number of nitrogens with zero attached hydrogens (tertiary/aromatic N) is 2. The smallest absolute Gasteiger partial charge is 0.242 e. The Labute approximate surface area is 124 Å². The Balaban J connectivity index is 1.72. The molecule has 1 amide bonds. The Hall–Kier alpha value is -1.20. The molecule has 5 heteroatoms. The van der Waals surface area contributed by atoms with Gasteiger partial charge in [-0.25, -0.2) is 0 Å². The Morgan fingerprint density at radius 2 is 2.10 bits per heavy atom. The number of anilines is 1. The molecule has 2 aliphatic heterocycles. The van der Waals surface area contributed by atoms with E-state index in [9.17, 15) is 4.79 Å². The van der Waals surface area contributed by atoms with Crippen LogP contribution in [0.1, 0.15) is 6.92 Å². The van der Waals surface area contributed by atoms with Crippen molar-refractivity contribution in [3.8, 4) is 0 Å². The quantitative estimate of drug-likeness (QED) is 0.833. The van der Waals surface area contributed by atoms with Crippen LogP contribution in [0.15, 0.2) is 29.2 Å². The molecule has 1 aromatic carbocycles. The first kappa shape index (κ1) is 13.8. The Morgan fingerprint density at radius 1 is 1.35 bits per heavy atom. The van der Waals surface area contributed by atoms with Gasteiger partial charge >= 0.3 is 0 Å². The number of carbonyl (C=O) groups excluding carboxylic acids is 1. The summed E-state index contributed by atoms with van der Waals surface area (Å²) in [5, 5.41) is 0.516. The number of morpholine rings is 1. The van der Waals surface area contributed by atoms with Gasteiger partial charge in [-0.15, -0.1) is 11.8 Å². The Kier molecular flexibility index (Phi) is 4.17. The van der Waals surface area contributed by atoms with Gasteiger partial charge in [0.2, 0.25) is 5.91 Å². The SMILES string of the molecule is CC1CN(CC(=O)N2CCOCC2)c2ccccc2S1. The van der Waals surface area contributed by atoms with Crippen molar-refractivity contribution < 1.29 is 9.53 Å². The van der Waals surface area contributed by atoms with E-state index in [0.717, 1.165) is 19.6 Å². The number of rotatable bonds is 2. The average molecular weight is 292 g/mol. The van der Waals surface area contributed by atoms with Crippen LogP contribution in [0.5, 0.6) is 0 Å². The summed E-state index contributed by atoms with van der Waals surface area (Å²) >= 11 is 1.89. The van der Waals surface area contributed by atoms with Crippen LogP contribution in [-0.4, -0.2) is 55.4 Å². The molecular formula is C15H20N2O2S. The molecule has 108 valence electrons. The van der Waals surface area contributed by atoms with E-state index in [0.29, 0.717) is 25.0 Å². The third-order valence-corrected chi connectivity index (χ3v) is 4.85. The summed E-state index contributed by atoms with van der Waals surface area (Å²) in [7, 11) is 0. The lowest BCUT2D eigenvalue weighted by Crippen LogP contribution is -2.47. The lowest BCUT2D eigenvalue weighted by molar-refractivity contribution is -0.133. The highest BCUT2D eigenvalue weighted by Gasteiger charge is 2.26. The molecule has 1 fully saturated rings. The first-order chi connectivity index (χ1) is 9.74. The first-order valence-electron chi connectivity index (χ1n) is 7.10.